The van der Waals surface area contributed by atoms with Gasteiger partial charge in [0.15, 0.2) is 17.9 Å². The number of amidine groups is 1. The molecule has 1 N–H and O–H groups in total. The molecule has 6 nitrogen and oxygen atoms in total. The van der Waals surface area contributed by atoms with Gasteiger partial charge in [0.05, 0.1) is 12.7 Å². The van der Waals surface area contributed by atoms with Crippen LogP contribution in [0.1, 0.15) is 16.7 Å². The average molecular weight is 555 g/mol. The lowest BCUT2D eigenvalue weighted by Crippen LogP contribution is -2.23. The molecule has 0 aliphatic rings. The van der Waals surface area contributed by atoms with Crippen LogP contribution in [0.15, 0.2) is 52.9 Å². The fourth-order valence-corrected chi connectivity index (χ4v) is 3.17. The van der Waals surface area contributed by atoms with Gasteiger partial charge in [-0.1, -0.05) is 29.7 Å². The molecule has 0 saturated heterocycles. The third-order valence-corrected chi connectivity index (χ3v) is 4.77. The van der Waals surface area contributed by atoms with Crippen molar-refractivity contribution < 1.29 is 9.53 Å². The van der Waals surface area contributed by atoms with Gasteiger partial charge in [-0.25, -0.2) is 9.98 Å². The summed E-state index contributed by atoms with van der Waals surface area (Å²) < 4.78 is 5.16. The molecule has 0 atom stereocenters. The molecular weight excluding hydrogens is 535 g/mol. The largest absolute Gasteiger partial charge is 0.497 e. The second kappa shape index (κ2) is 12.5. The highest BCUT2D eigenvalue weighted by molar-refractivity contribution is 14.2. The molecule has 0 spiro atoms. The summed E-state index contributed by atoms with van der Waals surface area (Å²) in [5, 5.41) is 5.95. The van der Waals surface area contributed by atoms with E-state index in [2.05, 4.69) is 47.7 Å². The number of hydrogen-bond acceptors (Lipinski definition) is 6. The van der Waals surface area contributed by atoms with E-state index in [-0.39, 0.29) is 11.0 Å². The molecule has 30 heavy (non-hydrogen) atoms. The van der Waals surface area contributed by atoms with Gasteiger partial charge >= 0.3 is 0 Å². The normalized spacial score (nSPS) is 11.4. The van der Waals surface area contributed by atoms with Crippen molar-refractivity contribution in [1.82, 2.24) is 15.2 Å². The number of ether oxygens (including phenoxy) is 1. The molecule has 0 saturated carbocycles. The predicted molar refractivity (Wildman–Crippen MR) is 132 cm³/mol. The van der Waals surface area contributed by atoms with Crippen molar-refractivity contribution in [3.8, 4) is 16.9 Å². The number of pyridine rings is 1. The molecule has 0 bridgehead atoms. The Bertz CT molecular complexity index is 1000. The minimum atomic E-state index is 0.0376. The number of aldehydes is 1. The Kier molecular flexibility index (Phi) is 10.00. The maximum Gasteiger partial charge on any atom is 0.185 e. The Morgan fingerprint density at radius 1 is 1.43 bits per heavy atom. The van der Waals surface area contributed by atoms with E-state index in [1.165, 1.54) is 8.93 Å². The van der Waals surface area contributed by atoms with Gasteiger partial charge in [-0.15, -0.1) is 0 Å². The molecule has 156 valence electrons. The third-order valence-electron chi connectivity index (χ3n) is 3.74. The van der Waals surface area contributed by atoms with Crippen LogP contribution in [0.25, 0.3) is 0 Å². The zero-order valence-electron chi connectivity index (χ0n) is 16.6. The zero-order valence-corrected chi connectivity index (χ0v) is 20.4. The van der Waals surface area contributed by atoms with Gasteiger partial charge in [-0.2, -0.15) is 0 Å². The maximum atomic E-state index is 11.5. The van der Waals surface area contributed by atoms with Gasteiger partial charge in [-0.05, 0) is 50.4 Å². The van der Waals surface area contributed by atoms with Crippen molar-refractivity contribution in [1.29, 1.82) is 0 Å². The standard InChI is InChI=1S/C21H20ClIN4O2S/c1-15-10-17(8-9-30-23)21(24-11-15)26-20(14-28)25-19(22)13-27(2)12-16-4-6-18(29-3)7-5-16/h4-7,10-11,13-14H,12H2,1-3H3,(H,24,25,26)/b19-13-. The van der Waals surface area contributed by atoms with Gasteiger partial charge in [0.1, 0.15) is 10.9 Å². The number of benzene rings is 1. The van der Waals surface area contributed by atoms with Crippen LogP contribution < -0.4 is 10.1 Å². The second-order valence-corrected chi connectivity index (χ2v) is 8.25. The number of aliphatic imine (C=N–C) groups is 1. The van der Waals surface area contributed by atoms with Crippen LogP contribution in [-0.2, 0) is 11.3 Å². The first-order valence-corrected chi connectivity index (χ1v) is 12.5. The fourth-order valence-electron chi connectivity index (χ4n) is 2.43. The van der Waals surface area contributed by atoms with E-state index in [9.17, 15) is 4.79 Å². The van der Waals surface area contributed by atoms with E-state index >= 15 is 0 Å². The monoisotopic (exact) mass is 554 g/mol. The highest BCUT2D eigenvalue weighted by atomic mass is 127. The predicted octanol–water partition coefficient (Wildman–Crippen LogP) is 4.78. The van der Waals surface area contributed by atoms with Crippen molar-refractivity contribution in [2.45, 2.75) is 13.5 Å². The van der Waals surface area contributed by atoms with Crippen LogP contribution in [0.5, 0.6) is 5.75 Å². The summed E-state index contributed by atoms with van der Waals surface area (Å²) >= 11 is 8.36. The van der Waals surface area contributed by atoms with Crippen molar-refractivity contribution >= 4 is 59.7 Å². The summed E-state index contributed by atoms with van der Waals surface area (Å²) in [6.45, 7) is 2.54. The van der Waals surface area contributed by atoms with E-state index < -0.39 is 0 Å². The topological polar surface area (TPSA) is 66.8 Å². The molecule has 2 aromatic rings. The van der Waals surface area contributed by atoms with Gasteiger partial charge in [0.25, 0.3) is 0 Å². The number of nitrogens with zero attached hydrogens (tertiary/aromatic N) is 3. The molecule has 0 aliphatic heterocycles. The molecule has 1 aromatic carbocycles. The summed E-state index contributed by atoms with van der Waals surface area (Å²) in [5.41, 5.74) is 2.68. The van der Waals surface area contributed by atoms with Crippen molar-refractivity contribution in [2.24, 2.45) is 4.99 Å². The number of hydrogen-bond donors (Lipinski definition) is 1. The molecule has 0 radical (unpaired) electrons. The molecule has 2 rings (SSSR count). The van der Waals surface area contributed by atoms with Crippen LogP contribution in [-0.4, -0.2) is 36.2 Å². The Morgan fingerprint density at radius 2 is 2.17 bits per heavy atom. The third kappa shape index (κ3) is 7.89. The SMILES string of the molecule is COc1ccc(CN(C)/C=C(/Cl)N/C(C=O)=N/c2ncc(C)cc2C#CSI)cc1. The van der Waals surface area contributed by atoms with Gasteiger partial charge in [0, 0.05) is 47.2 Å². The first-order chi connectivity index (χ1) is 14.4. The minimum absolute atomic E-state index is 0.0376. The van der Waals surface area contributed by atoms with Gasteiger partial charge in [-0.3, -0.25) is 4.79 Å². The Balaban J connectivity index is 2.13. The van der Waals surface area contributed by atoms with Crippen LogP contribution in [0.4, 0.5) is 5.82 Å². The lowest BCUT2D eigenvalue weighted by Gasteiger charge is -2.15. The highest BCUT2D eigenvalue weighted by Gasteiger charge is 2.06. The van der Waals surface area contributed by atoms with Crippen molar-refractivity contribution in [2.75, 3.05) is 14.2 Å². The molecular formula is C21H20ClIN4O2S. The Morgan fingerprint density at radius 3 is 2.80 bits per heavy atom. The lowest BCUT2D eigenvalue weighted by atomic mass is 10.2. The Hall–Kier alpha value is -2.22. The first kappa shape index (κ1) is 24.1. The smallest absolute Gasteiger partial charge is 0.185 e. The number of nitrogens with one attached hydrogen (secondary N) is 1. The summed E-state index contributed by atoms with van der Waals surface area (Å²) in [7, 11) is 4.87. The molecule has 1 heterocycles. The van der Waals surface area contributed by atoms with Crippen LogP contribution in [0.3, 0.4) is 0 Å². The quantitative estimate of drug-likeness (QED) is 0.133. The number of halogens is 2. The minimum Gasteiger partial charge on any atom is -0.497 e. The molecule has 0 unspecified atom stereocenters. The van der Waals surface area contributed by atoms with E-state index in [1.807, 2.05) is 49.2 Å². The van der Waals surface area contributed by atoms with Gasteiger partial charge < -0.3 is 15.0 Å². The summed E-state index contributed by atoms with van der Waals surface area (Å²) in [4.78, 5) is 21.9. The average Bonchev–Trinajstić information content (AvgIpc) is 2.73. The van der Waals surface area contributed by atoms with Crippen LogP contribution in [0, 0.1) is 18.1 Å². The molecule has 0 amide bonds. The molecule has 1 aromatic heterocycles. The molecule has 0 fully saturated rings. The number of aromatic nitrogens is 1. The summed E-state index contributed by atoms with van der Waals surface area (Å²) in [5.74, 6) is 4.17. The van der Waals surface area contributed by atoms with E-state index in [0.717, 1.165) is 16.9 Å². The zero-order chi connectivity index (χ0) is 21.9. The van der Waals surface area contributed by atoms with E-state index in [1.54, 1.807) is 19.5 Å². The van der Waals surface area contributed by atoms with Crippen LogP contribution in [0.2, 0.25) is 0 Å². The van der Waals surface area contributed by atoms with Gasteiger partial charge in [0.2, 0.25) is 0 Å². The number of aryl methyl sites for hydroxylation is 1. The number of carbonyl (C=O) groups excluding carboxylic acids is 1. The summed E-state index contributed by atoms with van der Waals surface area (Å²) in [6, 6.07) is 9.62. The number of carbonyl (C=O) groups is 1. The van der Waals surface area contributed by atoms with E-state index in [0.29, 0.717) is 24.2 Å². The Labute approximate surface area is 197 Å². The number of methoxy groups -OCH3 is 1. The lowest BCUT2D eigenvalue weighted by molar-refractivity contribution is -0.102. The van der Waals surface area contributed by atoms with Crippen molar-refractivity contribution in [3.05, 3.63) is 64.6 Å². The highest BCUT2D eigenvalue weighted by Crippen LogP contribution is 2.18. The fraction of sp³-hybridized carbons (Fsp3) is 0.190. The van der Waals surface area contributed by atoms with Crippen molar-refractivity contribution in [3.63, 3.8) is 0 Å². The van der Waals surface area contributed by atoms with E-state index in [4.69, 9.17) is 16.3 Å². The summed E-state index contributed by atoms with van der Waals surface area (Å²) in [6.07, 6.45) is 3.94. The second-order valence-electron chi connectivity index (χ2n) is 6.17. The molecule has 9 heteroatoms. The number of rotatable bonds is 7. The molecule has 0 aliphatic carbocycles. The first-order valence-electron chi connectivity index (χ1n) is 8.71. The van der Waals surface area contributed by atoms with Crippen LogP contribution >= 0.6 is 41.7 Å². The maximum absolute atomic E-state index is 11.5.